The first-order valence-corrected chi connectivity index (χ1v) is 9.11. The Morgan fingerprint density at radius 2 is 1.71 bits per heavy atom. The Hall–Kier alpha value is -3.27. The Morgan fingerprint density at radius 1 is 1.06 bits per heavy atom. The first kappa shape index (κ1) is 24.0. The second-order valence-corrected chi connectivity index (χ2v) is 6.50. The van der Waals surface area contributed by atoms with Gasteiger partial charge in [0.2, 0.25) is 0 Å². The molecule has 2 amide bonds. The van der Waals surface area contributed by atoms with Crippen LogP contribution in [0.4, 0.5) is 17.6 Å². The molecule has 0 saturated heterocycles. The van der Waals surface area contributed by atoms with Crippen LogP contribution in [0.1, 0.15) is 16.8 Å². The Morgan fingerprint density at radius 3 is 2.32 bits per heavy atom. The molecule has 6 nitrogen and oxygen atoms in total. The van der Waals surface area contributed by atoms with Crippen molar-refractivity contribution in [1.29, 1.82) is 0 Å². The van der Waals surface area contributed by atoms with Crippen LogP contribution >= 0.6 is 11.6 Å². The van der Waals surface area contributed by atoms with Crippen molar-refractivity contribution in [3.05, 3.63) is 71.1 Å². The van der Waals surface area contributed by atoms with Crippen molar-refractivity contribution in [1.82, 2.24) is 10.6 Å². The van der Waals surface area contributed by atoms with Crippen LogP contribution in [0.25, 0.3) is 0 Å². The van der Waals surface area contributed by atoms with Crippen LogP contribution in [-0.2, 0) is 4.79 Å². The van der Waals surface area contributed by atoms with Gasteiger partial charge in [-0.05, 0) is 36.4 Å². The predicted octanol–water partition coefficient (Wildman–Crippen LogP) is 4.21. The molecule has 2 aromatic carbocycles. The Balaban J connectivity index is 1.70. The molecule has 0 aromatic heterocycles. The van der Waals surface area contributed by atoms with Gasteiger partial charge >= 0.3 is 6.36 Å². The minimum Gasteiger partial charge on any atom is -0.484 e. The van der Waals surface area contributed by atoms with Gasteiger partial charge in [-0.25, -0.2) is 4.39 Å². The van der Waals surface area contributed by atoms with Crippen molar-refractivity contribution in [2.24, 2.45) is 0 Å². The lowest BCUT2D eigenvalue weighted by atomic mass is 10.2. The fourth-order valence-corrected chi connectivity index (χ4v) is 2.37. The Bertz CT molecular complexity index is 949. The third-order valence-corrected chi connectivity index (χ3v) is 3.95. The highest BCUT2D eigenvalue weighted by Gasteiger charge is 2.31. The van der Waals surface area contributed by atoms with Crippen LogP contribution in [0.15, 0.2) is 54.7 Å². The molecule has 0 unspecified atom stereocenters. The van der Waals surface area contributed by atoms with E-state index in [9.17, 15) is 27.2 Å². The molecule has 0 fully saturated rings. The largest absolute Gasteiger partial charge is 0.573 e. The number of carbonyl (C=O) groups is 2. The molecule has 0 atom stereocenters. The number of ether oxygens (including phenoxy) is 2. The quantitative estimate of drug-likeness (QED) is 0.550. The third-order valence-electron chi connectivity index (χ3n) is 3.64. The molecule has 31 heavy (non-hydrogen) atoms. The van der Waals surface area contributed by atoms with Gasteiger partial charge in [0.1, 0.15) is 17.3 Å². The van der Waals surface area contributed by atoms with E-state index in [1.165, 1.54) is 24.3 Å². The first-order chi connectivity index (χ1) is 14.5. The highest BCUT2D eigenvalue weighted by atomic mass is 35.5. The molecular formula is C20H17ClF4N2O4. The minimum atomic E-state index is -4.81. The van der Waals surface area contributed by atoms with Crippen LogP contribution < -0.4 is 20.1 Å². The van der Waals surface area contributed by atoms with E-state index in [4.69, 9.17) is 16.3 Å². The number of alkyl halides is 3. The van der Waals surface area contributed by atoms with Gasteiger partial charge < -0.3 is 20.1 Å². The van der Waals surface area contributed by atoms with Gasteiger partial charge in [-0.3, -0.25) is 9.59 Å². The minimum absolute atomic E-state index is 0.0715. The van der Waals surface area contributed by atoms with Crippen LogP contribution in [0.3, 0.4) is 0 Å². The molecule has 2 N–H and O–H groups in total. The molecule has 166 valence electrons. The molecule has 0 aliphatic carbocycles. The molecule has 0 radical (unpaired) electrons. The molecule has 0 heterocycles. The van der Waals surface area contributed by atoms with Crippen molar-refractivity contribution in [2.75, 3.05) is 13.2 Å². The molecule has 0 aliphatic heterocycles. The van der Waals surface area contributed by atoms with Crippen LogP contribution in [-0.4, -0.2) is 31.3 Å². The van der Waals surface area contributed by atoms with Crippen molar-refractivity contribution in [2.45, 2.75) is 12.8 Å². The van der Waals surface area contributed by atoms with Crippen molar-refractivity contribution >= 4 is 23.4 Å². The topological polar surface area (TPSA) is 76.7 Å². The van der Waals surface area contributed by atoms with Gasteiger partial charge in [0.25, 0.3) is 11.8 Å². The summed E-state index contributed by atoms with van der Waals surface area (Å²) in [5.74, 6) is -2.05. The van der Waals surface area contributed by atoms with Crippen LogP contribution in [0.2, 0.25) is 5.02 Å². The fourth-order valence-electron chi connectivity index (χ4n) is 2.25. The van der Waals surface area contributed by atoms with Crippen LogP contribution in [0.5, 0.6) is 11.5 Å². The summed E-state index contributed by atoms with van der Waals surface area (Å²) in [7, 11) is 0. The summed E-state index contributed by atoms with van der Waals surface area (Å²) in [6.45, 7) is 3.37. The zero-order valence-corrected chi connectivity index (χ0v) is 16.6. The number of halogens is 5. The molecular weight excluding hydrogens is 444 g/mol. The van der Waals surface area contributed by atoms with Gasteiger partial charge in [-0.15, -0.1) is 13.2 Å². The van der Waals surface area contributed by atoms with E-state index < -0.39 is 36.4 Å². The number of rotatable bonds is 9. The average Bonchev–Trinajstić information content (AvgIpc) is 2.68. The third kappa shape index (κ3) is 8.55. The maximum atomic E-state index is 13.3. The van der Waals surface area contributed by atoms with E-state index in [0.717, 1.165) is 18.2 Å². The summed E-state index contributed by atoms with van der Waals surface area (Å²) in [6, 6.07) is 8.16. The number of hydrogen-bond acceptors (Lipinski definition) is 4. The van der Waals surface area contributed by atoms with E-state index >= 15 is 0 Å². The second-order valence-electron chi connectivity index (χ2n) is 6.09. The van der Waals surface area contributed by atoms with Crippen molar-refractivity contribution in [3.63, 3.8) is 0 Å². The van der Waals surface area contributed by atoms with Crippen molar-refractivity contribution < 1.29 is 36.6 Å². The summed E-state index contributed by atoms with van der Waals surface area (Å²) in [6.07, 6.45) is -4.62. The summed E-state index contributed by atoms with van der Waals surface area (Å²) in [4.78, 5) is 23.8. The smallest absolute Gasteiger partial charge is 0.484 e. The van der Waals surface area contributed by atoms with Gasteiger partial charge in [-0.1, -0.05) is 18.2 Å². The highest BCUT2D eigenvalue weighted by Crippen LogP contribution is 2.23. The van der Waals surface area contributed by atoms with Gasteiger partial charge in [0.15, 0.2) is 6.61 Å². The fraction of sp³-hybridized carbons (Fsp3) is 0.200. The lowest BCUT2D eigenvalue weighted by Crippen LogP contribution is -2.31. The van der Waals surface area contributed by atoms with Crippen molar-refractivity contribution in [3.8, 4) is 11.5 Å². The van der Waals surface area contributed by atoms with Crippen LogP contribution in [0, 0.1) is 5.82 Å². The molecule has 2 aromatic rings. The van der Waals surface area contributed by atoms with Gasteiger partial charge in [-0.2, -0.15) is 0 Å². The molecule has 0 spiro atoms. The summed E-state index contributed by atoms with van der Waals surface area (Å²) < 4.78 is 58.6. The molecule has 0 bridgehead atoms. The zero-order valence-electron chi connectivity index (χ0n) is 15.9. The number of amides is 2. The zero-order chi connectivity index (χ0) is 23.0. The lowest BCUT2D eigenvalue weighted by molar-refractivity contribution is -0.274. The SMILES string of the molecule is C=C(CCNC(=O)c1ccc(OC(F)(F)F)cc1)NC(=O)COc1ccc(Cl)c(F)c1. The number of benzene rings is 2. The summed E-state index contributed by atoms with van der Waals surface area (Å²) in [5, 5.41) is 4.94. The predicted molar refractivity (Wildman–Crippen MR) is 104 cm³/mol. The average molecular weight is 461 g/mol. The van der Waals surface area contributed by atoms with E-state index in [-0.39, 0.29) is 29.3 Å². The molecule has 2 rings (SSSR count). The van der Waals surface area contributed by atoms with E-state index in [2.05, 4.69) is 21.9 Å². The molecule has 0 aliphatic rings. The van der Waals surface area contributed by atoms with Gasteiger partial charge in [0.05, 0.1) is 5.02 Å². The monoisotopic (exact) mass is 460 g/mol. The summed E-state index contributed by atoms with van der Waals surface area (Å²) >= 11 is 5.55. The van der Waals surface area contributed by atoms with E-state index in [1.54, 1.807) is 0 Å². The molecule has 11 heteroatoms. The van der Waals surface area contributed by atoms with E-state index in [0.29, 0.717) is 5.70 Å². The number of carbonyl (C=O) groups excluding carboxylic acids is 2. The number of nitrogens with one attached hydrogen (secondary N) is 2. The first-order valence-electron chi connectivity index (χ1n) is 8.73. The summed E-state index contributed by atoms with van der Waals surface area (Å²) in [5.41, 5.74) is 0.429. The normalized spacial score (nSPS) is 10.9. The standard InChI is InChI=1S/C20H17ClF4N2O4/c1-12(27-18(28)11-30-15-6-7-16(21)17(22)10-15)8-9-26-19(29)13-2-4-14(5-3-13)31-20(23,24)25/h2-7,10H,1,8-9,11H2,(H,26,29)(H,27,28). The molecule has 0 saturated carbocycles. The lowest BCUT2D eigenvalue weighted by Gasteiger charge is -2.11. The Labute approximate surface area is 179 Å². The Kier molecular flexibility index (Phi) is 8.26. The van der Waals surface area contributed by atoms with Gasteiger partial charge in [0, 0.05) is 30.3 Å². The number of hydrogen-bond donors (Lipinski definition) is 2. The maximum Gasteiger partial charge on any atom is 0.573 e. The van der Waals surface area contributed by atoms with E-state index in [1.807, 2.05) is 0 Å². The second kappa shape index (κ2) is 10.7. The highest BCUT2D eigenvalue weighted by molar-refractivity contribution is 6.30. The maximum absolute atomic E-state index is 13.3.